The molecule has 0 saturated carbocycles. The van der Waals surface area contributed by atoms with Crippen molar-refractivity contribution in [3.8, 4) is 0 Å². The smallest absolute Gasteiger partial charge is 0.111 e. The van der Waals surface area contributed by atoms with Gasteiger partial charge in [-0.05, 0) is 25.7 Å². The van der Waals surface area contributed by atoms with Crippen LogP contribution in [0.15, 0.2) is 6.20 Å². The molecule has 0 spiro atoms. The first-order valence-corrected chi connectivity index (χ1v) is 14.2. The summed E-state index contributed by atoms with van der Waals surface area (Å²) in [4.78, 5) is 0. The van der Waals surface area contributed by atoms with E-state index in [-0.39, 0.29) is 18.4 Å². The van der Waals surface area contributed by atoms with E-state index in [1.807, 2.05) is 6.20 Å². The second-order valence-corrected chi connectivity index (χ2v) is 11.0. The average molecular weight is 562 g/mol. The van der Waals surface area contributed by atoms with E-state index in [4.69, 9.17) is 9.47 Å². The molecule has 1 aromatic rings. The second kappa shape index (κ2) is 15.1. The molecular weight excluding hydrogens is 514 g/mol. The van der Waals surface area contributed by atoms with Crippen LogP contribution in [-0.2, 0) is 9.47 Å². The van der Waals surface area contributed by atoms with Crippen LogP contribution in [0.1, 0.15) is 82.9 Å². The van der Waals surface area contributed by atoms with Gasteiger partial charge in [0.2, 0.25) is 0 Å². The van der Waals surface area contributed by atoms with Crippen LogP contribution >= 0.6 is 0 Å². The standard InChI is InChI=1S/C26H47N3O10/c1-3-5-7-14(9-17-21(32)25(36)23(34)19(12-30)38-17)16-11-29(28-27-16)15(8-6-4-2)10-18-22(33)26(37)24(35)20(13-31)39-18/h11,14-15,17-26,30-37H,3-10,12-13H2,1-2H3/t14?,15?,17?,18?,19-,20-,21+,22+,23-,24-,25-,26-/m1/s1. The number of nitrogens with zero attached hydrogens (tertiary/aromatic N) is 3. The molecule has 39 heavy (non-hydrogen) atoms. The van der Waals surface area contributed by atoms with E-state index in [9.17, 15) is 40.9 Å². The molecule has 0 aliphatic carbocycles. The number of unbranched alkanes of at least 4 members (excludes halogenated alkanes) is 2. The SMILES string of the molecule is CCCCC(CC1O[C@H](CO)[C@@H](O)[C@H](O)[C@H]1O)c1cn(C(CCCC)CC2O[C@H](CO)[C@@H](O)[C@H](O)[C@H]2O)nn1. The quantitative estimate of drug-likeness (QED) is 0.134. The van der Waals surface area contributed by atoms with Crippen LogP contribution in [0.4, 0.5) is 0 Å². The Labute approximate surface area is 229 Å². The van der Waals surface area contributed by atoms with Crippen LogP contribution in [0.2, 0.25) is 0 Å². The fourth-order valence-corrected chi connectivity index (χ4v) is 5.59. The van der Waals surface area contributed by atoms with Crippen LogP contribution < -0.4 is 0 Å². The Kier molecular flexibility index (Phi) is 12.5. The van der Waals surface area contributed by atoms with Gasteiger partial charge >= 0.3 is 0 Å². The maximum Gasteiger partial charge on any atom is 0.111 e. The second-order valence-electron chi connectivity index (χ2n) is 11.0. The number of rotatable bonds is 14. The van der Waals surface area contributed by atoms with E-state index in [1.165, 1.54) is 0 Å². The van der Waals surface area contributed by atoms with Crippen molar-refractivity contribution in [2.45, 2.75) is 138 Å². The van der Waals surface area contributed by atoms with Gasteiger partial charge in [-0.15, -0.1) is 5.10 Å². The molecule has 4 unspecified atom stereocenters. The lowest BCUT2D eigenvalue weighted by Gasteiger charge is -2.41. The zero-order chi connectivity index (χ0) is 28.7. The first-order valence-electron chi connectivity index (χ1n) is 14.2. The normalized spacial score (nSPS) is 37.1. The zero-order valence-electron chi connectivity index (χ0n) is 22.8. The molecular formula is C26H47N3O10. The van der Waals surface area contributed by atoms with Gasteiger partial charge in [-0.3, -0.25) is 0 Å². The predicted molar refractivity (Wildman–Crippen MR) is 138 cm³/mol. The number of hydrogen-bond donors (Lipinski definition) is 8. The van der Waals surface area contributed by atoms with Crippen molar-refractivity contribution in [2.75, 3.05) is 13.2 Å². The Bertz CT molecular complexity index is 778. The minimum absolute atomic E-state index is 0.181. The molecule has 8 N–H and O–H groups in total. The molecule has 0 bridgehead atoms. The van der Waals surface area contributed by atoms with E-state index in [0.717, 1.165) is 32.1 Å². The molecule has 0 aromatic carbocycles. The summed E-state index contributed by atoms with van der Waals surface area (Å²) in [7, 11) is 0. The van der Waals surface area contributed by atoms with Gasteiger partial charge in [0.25, 0.3) is 0 Å². The highest BCUT2D eigenvalue weighted by atomic mass is 16.6. The number of hydrogen-bond acceptors (Lipinski definition) is 12. The molecule has 2 aliphatic heterocycles. The van der Waals surface area contributed by atoms with Gasteiger partial charge in [-0.1, -0.05) is 44.7 Å². The molecule has 1 aromatic heterocycles. The van der Waals surface area contributed by atoms with Crippen LogP contribution in [0.25, 0.3) is 0 Å². The number of aliphatic hydroxyl groups excluding tert-OH is 8. The monoisotopic (exact) mass is 561 g/mol. The van der Waals surface area contributed by atoms with E-state index in [1.54, 1.807) is 4.68 Å². The Morgan fingerprint density at radius 3 is 1.72 bits per heavy atom. The Morgan fingerprint density at radius 1 is 0.718 bits per heavy atom. The van der Waals surface area contributed by atoms with Gasteiger partial charge < -0.3 is 50.3 Å². The lowest BCUT2D eigenvalue weighted by atomic mass is 9.86. The largest absolute Gasteiger partial charge is 0.394 e. The summed E-state index contributed by atoms with van der Waals surface area (Å²) in [6.45, 7) is 3.13. The van der Waals surface area contributed by atoms with Crippen molar-refractivity contribution >= 4 is 0 Å². The summed E-state index contributed by atoms with van der Waals surface area (Å²) in [5, 5.41) is 89.7. The first kappa shape index (κ1) is 32.3. The summed E-state index contributed by atoms with van der Waals surface area (Å²) in [6, 6.07) is -0.244. The minimum atomic E-state index is -1.45. The minimum Gasteiger partial charge on any atom is -0.394 e. The van der Waals surface area contributed by atoms with Crippen molar-refractivity contribution in [3.63, 3.8) is 0 Å². The van der Waals surface area contributed by atoms with Gasteiger partial charge in [0.1, 0.15) is 48.8 Å². The van der Waals surface area contributed by atoms with Gasteiger partial charge in [0.05, 0.1) is 37.2 Å². The molecule has 13 heteroatoms. The highest BCUT2D eigenvalue weighted by Gasteiger charge is 2.45. The van der Waals surface area contributed by atoms with E-state index in [0.29, 0.717) is 18.5 Å². The predicted octanol–water partition coefficient (Wildman–Crippen LogP) is -1.25. The van der Waals surface area contributed by atoms with Crippen molar-refractivity contribution in [2.24, 2.45) is 0 Å². The highest BCUT2D eigenvalue weighted by molar-refractivity contribution is 5.06. The van der Waals surface area contributed by atoms with Crippen LogP contribution in [0.5, 0.6) is 0 Å². The summed E-state index contributed by atoms with van der Waals surface area (Å²) in [5.41, 5.74) is 0.663. The van der Waals surface area contributed by atoms with Gasteiger partial charge in [0, 0.05) is 12.1 Å². The van der Waals surface area contributed by atoms with E-state index in [2.05, 4.69) is 24.2 Å². The number of ether oxygens (including phenoxy) is 2. The van der Waals surface area contributed by atoms with Gasteiger partial charge in [0.15, 0.2) is 0 Å². The van der Waals surface area contributed by atoms with Crippen molar-refractivity contribution < 1.29 is 50.3 Å². The zero-order valence-corrected chi connectivity index (χ0v) is 22.8. The lowest BCUT2D eigenvalue weighted by molar-refractivity contribution is -0.232. The highest BCUT2D eigenvalue weighted by Crippen LogP contribution is 2.34. The Hall–Kier alpha value is -1.26. The Balaban J connectivity index is 1.79. The van der Waals surface area contributed by atoms with Crippen LogP contribution in [0, 0.1) is 0 Å². The fourth-order valence-electron chi connectivity index (χ4n) is 5.59. The molecule has 13 nitrogen and oxygen atoms in total. The lowest BCUT2D eigenvalue weighted by Crippen LogP contribution is -2.58. The van der Waals surface area contributed by atoms with Gasteiger partial charge in [-0.25, -0.2) is 4.68 Å². The first-order chi connectivity index (χ1) is 18.7. The number of aliphatic hydroxyl groups is 8. The molecule has 226 valence electrons. The molecule has 0 radical (unpaired) electrons. The van der Waals surface area contributed by atoms with Crippen molar-refractivity contribution in [3.05, 3.63) is 11.9 Å². The number of aromatic nitrogens is 3. The molecule has 0 amide bonds. The van der Waals surface area contributed by atoms with Crippen LogP contribution in [-0.4, -0.2) is 130 Å². The Morgan fingerprint density at radius 2 is 1.21 bits per heavy atom. The average Bonchev–Trinajstić information content (AvgIpc) is 3.43. The molecule has 2 saturated heterocycles. The third kappa shape index (κ3) is 7.73. The van der Waals surface area contributed by atoms with Gasteiger partial charge in [-0.2, -0.15) is 0 Å². The molecule has 3 heterocycles. The maximum atomic E-state index is 10.6. The van der Waals surface area contributed by atoms with Crippen molar-refractivity contribution in [1.82, 2.24) is 15.0 Å². The third-order valence-corrected chi connectivity index (χ3v) is 8.12. The summed E-state index contributed by atoms with van der Waals surface area (Å²) >= 11 is 0. The maximum absolute atomic E-state index is 10.6. The van der Waals surface area contributed by atoms with Crippen LogP contribution in [0.3, 0.4) is 0 Å². The van der Waals surface area contributed by atoms with Crippen molar-refractivity contribution in [1.29, 1.82) is 0 Å². The third-order valence-electron chi connectivity index (χ3n) is 8.12. The molecule has 2 aliphatic rings. The summed E-state index contributed by atoms with van der Waals surface area (Å²) in [5.74, 6) is -0.181. The molecule has 12 atom stereocenters. The fraction of sp³-hybridized carbons (Fsp3) is 0.923. The summed E-state index contributed by atoms with van der Waals surface area (Å²) in [6.07, 6.45) is -4.63. The van der Waals surface area contributed by atoms with E-state index >= 15 is 0 Å². The van der Waals surface area contributed by atoms with E-state index < -0.39 is 74.3 Å². The molecule has 3 rings (SSSR count). The summed E-state index contributed by atoms with van der Waals surface area (Å²) < 4.78 is 13.2. The molecule has 2 fully saturated rings. The topological polar surface area (TPSA) is 211 Å².